The van der Waals surface area contributed by atoms with Crippen molar-refractivity contribution < 1.29 is 9.90 Å². The number of rotatable bonds is 5. The molecule has 0 bridgehead atoms. The number of carbonyl (C=O) groups is 1. The third-order valence-electron chi connectivity index (χ3n) is 3.65. The van der Waals surface area contributed by atoms with Crippen molar-refractivity contribution in [3.63, 3.8) is 0 Å². The quantitative estimate of drug-likeness (QED) is 0.843. The van der Waals surface area contributed by atoms with Gasteiger partial charge in [0.25, 0.3) is 0 Å². The molecule has 18 heavy (non-hydrogen) atoms. The summed E-state index contributed by atoms with van der Waals surface area (Å²) in [5.74, 6) is -0.750. The molecule has 0 aliphatic carbocycles. The van der Waals surface area contributed by atoms with Crippen LogP contribution in [0.4, 0.5) is 0 Å². The van der Waals surface area contributed by atoms with E-state index < -0.39 is 11.5 Å². The molecular formula is C15H23NO2. The Labute approximate surface area is 109 Å². The summed E-state index contributed by atoms with van der Waals surface area (Å²) in [6.07, 6.45) is 1.35. The molecule has 0 aliphatic heterocycles. The predicted octanol–water partition coefficient (Wildman–Crippen LogP) is 2.99. The summed E-state index contributed by atoms with van der Waals surface area (Å²) >= 11 is 0. The minimum Gasteiger partial charge on any atom is -0.480 e. The van der Waals surface area contributed by atoms with Crippen molar-refractivity contribution in [2.24, 2.45) is 5.73 Å². The molecule has 0 fully saturated rings. The average Bonchev–Trinajstić information content (AvgIpc) is 2.29. The summed E-state index contributed by atoms with van der Waals surface area (Å²) in [4.78, 5) is 11.1. The minimum absolute atomic E-state index is 0.190. The van der Waals surface area contributed by atoms with Crippen LogP contribution in [-0.2, 0) is 4.79 Å². The van der Waals surface area contributed by atoms with Crippen molar-refractivity contribution in [3.8, 4) is 0 Å². The van der Waals surface area contributed by atoms with E-state index in [0.29, 0.717) is 6.42 Å². The van der Waals surface area contributed by atoms with Crippen molar-refractivity contribution in [2.75, 3.05) is 0 Å². The van der Waals surface area contributed by atoms with E-state index in [1.165, 1.54) is 16.7 Å². The van der Waals surface area contributed by atoms with Crippen LogP contribution in [-0.4, -0.2) is 16.6 Å². The van der Waals surface area contributed by atoms with Crippen LogP contribution in [0.15, 0.2) is 18.2 Å². The fourth-order valence-electron chi connectivity index (χ4n) is 2.12. The first-order valence-electron chi connectivity index (χ1n) is 6.37. The second-order valence-electron chi connectivity index (χ2n) is 5.38. The molecule has 3 heteroatoms. The molecule has 0 radical (unpaired) electrons. The van der Waals surface area contributed by atoms with Crippen molar-refractivity contribution >= 4 is 5.97 Å². The zero-order valence-corrected chi connectivity index (χ0v) is 11.7. The van der Waals surface area contributed by atoms with Crippen molar-refractivity contribution in [3.05, 3.63) is 34.9 Å². The number of hydrogen-bond acceptors (Lipinski definition) is 2. The first-order valence-corrected chi connectivity index (χ1v) is 6.37. The Hall–Kier alpha value is -1.35. The Bertz CT molecular complexity index is 438. The molecule has 1 rings (SSSR count). The number of nitrogens with two attached hydrogens (primary N) is 1. The summed E-state index contributed by atoms with van der Waals surface area (Å²) in [5.41, 5.74) is 8.34. The lowest BCUT2D eigenvalue weighted by molar-refractivity contribution is -0.143. The third kappa shape index (κ3) is 3.33. The number of carboxylic acids is 1. The smallest absolute Gasteiger partial charge is 0.323 e. The molecule has 0 amide bonds. The highest BCUT2D eigenvalue weighted by molar-refractivity contribution is 5.77. The van der Waals surface area contributed by atoms with Crippen molar-refractivity contribution in [1.29, 1.82) is 0 Å². The first-order chi connectivity index (χ1) is 8.27. The van der Waals surface area contributed by atoms with Crippen LogP contribution in [0.25, 0.3) is 0 Å². The average molecular weight is 249 g/mol. The molecule has 3 N–H and O–H groups in total. The highest BCUT2D eigenvalue weighted by atomic mass is 16.4. The Balaban J connectivity index is 2.96. The molecule has 2 atom stereocenters. The van der Waals surface area contributed by atoms with E-state index in [9.17, 15) is 4.79 Å². The molecule has 2 unspecified atom stereocenters. The summed E-state index contributed by atoms with van der Waals surface area (Å²) in [6.45, 7) is 7.80. The van der Waals surface area contributed by atoms with Crippen LogP contribution >= 0.6 is 0 Å². The molecule has 100 valence electrons. The molecule has 0 heterocycles. The van der Waals surface area contributed by atoms with Gasteiger partial charge in [0.05, 0.1) is 0 Å². The van der Waals surface area contributed by atoms with Gasteiger partial charge in [-0.25, -0.2) is 0 Å². The van der Waals surface area contributed by atoms with Gasteiger partial charge in [0.2, 0.25) is 0 Å². The molecule has 0 saturated carbocycles. The maximum atomic E-state index is 11.1. The molecule has 0 saturated heterocycles. The second kappa shape index (κ2) is 5.53. The standard InChI is InChI=1S/C15H23NO2/c1-5-12(9-15(4,16)14(17)18)13-7-6-10(2)11(3)8-13/h6-8,12H,5,9,16H2,1-4H3,(H,17,18). The number of benzene rings is 1. The Morgan fingerprint density at radius 1 is 1.39 bits per heavy atom. The SMILES string of the molecule is CCC(CC(C)(N)C(=O)O)c1ccc(C)c(C)c1. The van der Waals surface area contributed by atoms with E-state index >= 15 is 0 Å². The second-order valence-corrected chi connectivity index (χ2v) is 5.38. The van der Waals surface area contributed by atoms with E-state index in [4.69, 9.17) is 10.8 Å². The number of carboxylic acid groups (broad SMARTS) is 1. The largest absolute Gasteiger partial charge is 0.480 e. The van der Waals surface area contributed by atoms with E-state index in [0.717, 1.165) is 6.42 Å². The molecule has 1 aromatic rings. The summed E-state index contributed by atoms with van der Waals surface area (Å²) in [7, 11) is 0. The van der Waals surface area contributed by atoms with E-state index in [2.05, 4.69) is 39.0 Å². The summed E-state index contributed by atoms with van der Waals surface area (Å²) in [5, 5.41) is 9.11. The minimum atomic E-state index is -1.17. The molecule has 0 aromatic heterocycles. The summed E-state index contributed by atoms with van der Waals surface area (Å²) in [6, 6.07) is 6.30. The monoisotopic (exact) mass is 249 g/mol. The Morgan fingerprint density at radius 3 is 2.44 bits per heavy atom. The van der Waals surface area contributed by atoms with Crippen LogP contribution in [0, 0.1) is 13.8 Å². The lowest BCUT2D eigenvalue weighted by Crippen LogP contribution is -2.45. The van der Waals surface area contributed by atoms with Gasteiger partial charge in [-0.3, -0.25) is 4.79 Å². The number of hydrogen-bond donors (Lipinski definition) is 2. The van der Waals surface area contributed by atoms with E-state index in [1.54, 1.807) is 6.92 Å². The molecule has 0 spiro atoms. The van der Waals surface area contributed by atoms with E-state index in [1.807, 2.05) is 0 Å². The van der Waals surface area contributed by atoms with Gasteiger partial charge in [-0.05, 0) is 56.2 Å². The molecule has 1 aromatic carbocycles. The summed E-state index contributed by atoms with van der Waals surface area (Å²) < 4.78 is 0. The lowest BCUT2D eigenvalue weighted by Gasteiger charge is -2.26. The van der Waals surface area contributed by atoms with Gasteiger partial charge < -0.3 is 10.8 Å². The first kappa shape index (κ1) is 14.7. The van der Waals surface area contributed by atoms with Crippen molar-refractivity contribution in [1.82, 2.24) is 0 Å². The predicted molar refractivity (Wildman–Crippen MR) is 73.8 cm³/mol. The molecular weight excluding hydrogens is 226 g/mol. The topological polar surface area (TPSA) is 63.3 Å². The maximum absolute atomic E-state index is 11.1. The van der Waals surface area contributed by atoms with Gasteiger partial charge in [-0.15, -0.1) is 0 Å². The van der Waals surface area contributed by atoms with E-state index in [-0.39, 0.29) is 5.92 Å². The normalized spacial score (nSPS) is 16.1. The van der Waals surface area contributed by atoms with Crippen LogP contribution in [0.1, 0.15) is 49.3 Å². The third-order valence-corrected chi connectivity index (χ3v) is 3.65. The molecule has 3 nitrogen and oxygen atoms in total. The number of aliphatic carboxylic acids is 1. The Kier molecular flexibility index (Phi) is 4.52. The Morgan fingerprint density at radius 2 is 2.00 bits per heavy atom. The molecule has 0 aliphatic rings. The zero-order valence-electron chi connectivity index (χ0n) is 11.7. The number of aryl methyl sites for hydroxylation is 2. The van der Waals surface area contributed by atoms with Crippen LogP contribution < -0.4 is 5.73 Å². The van der Waals surface area contributed by atoms with Gasteiger partial charge in [0.1, 0.15) is 5.54 Å². The van der Waals surface area contributed by atoms with Gasteiger partial charge in [0.15, 0.2) is 0 Å². The highest BCUT2D eigenvalue weighted by Crippen LogP contribution is 2.29. The van der Waals surface area contributed by atoms with Crippen LogP contribution in [0.2, 0.25) is 0 Å². The van der Waals surface area contributed by atoms with Crippen molar-refractivity contribution in [2.45, 2.75) is 52.0 Å². The maximum Gasteiger partial charge on any atom is 0.323 e. The van der Waals surface area contributed by atoms with Gasteiger partial charge in [0, 0.05) is 0 Å². The van der Waals surface area contributed by atoms with Crippen LogP contribution in [0.5, 0.6) is 0 Å². The van der Waals surface area contributed by atoms with Crippen LogP contribution in [0.3, 0.4) is 0 Å². The fourth-order valence-corrected chi connectivity index (χ4v) is 2.12. The van der Waals surface area contributed by atoms with Gasteiger partial charge in [-0.1, -0.05) is 25.1 Å². The van der Waals surface area contributed by atoms with Gasteiger partial charge >= 0.3 is 5.97 Å². The highest BCUT2D eigenvalue weighted by Gasteiger charge is 2.31. The van der Waals surface area contributed by atoms with Gasteiger partial charge in [-0.2, -0.15) is 0 Å². The lowest BCUT2D eigenvalue weighted by atomic mass is 9.83. The zero-order chi connectivity index (χ0) is 13.9. The fraction of sp³-hybridized carbons (Fsp3) is 0.533.